The third-order valence-corrected chi connectivity index (χ3v) is 15.1. The number of imidazole rings is 2. The lowest BCUT2D eigenvalue weighted by Crippen LogP contribution is -2.51. The van der Waals surface area contributed by atoms with Gasteiger partial charge in [-0.05, 0) is 92.1 Å². The quantitative estimate of drug-likeness (QED) is 0.0855. The average molecular weight is 1010 g/mol. The number of hydrogen-bond donors (Lipinski definition) is 4. The van der Waals surface area contributed by atoms with Gasteiger partial charge in [-0.1, -0.05) is 33.8 Å². The maximum absolute atomic E-state index is 17.1. The summed E-state index contributed by atoms with van der Waals surface area (Å²) in [6, 6.07) is 16.7. The fraction of sp³-hybridized carbons (Fsp3) is 0.377. The Morgan fingerprint density at radius 3 is 1.86 bits per heavy atom. The Hall–Kier alpha value is -7.74. The van der Waals surface area contributed by atoms with Crippen LogP contribution in [0.15, 0.2) is 79.3 Å². The summed E-state index contributed by atoms with van der Waals surface area (Å²) >= 11 is 1.47. The normalized spacial score (nSPS) is 18.1. The summed E-state index contributed by atoms with van der Waals surface area (Å²) in [5.41, 5.74) is 5.23. The molecule has 2 fully saturated rings. The van der Waals surface area contributed by atoms with Crippen molar-refractivity contribution >= 4 is 46.2 Å². The number of alkyl carbamates (subject to hydrolysis) is 2. The van der Waals surface area contributed by atoms with E-state index in [4.69, 9.17) is 33.9 Å². The smallest absolute Gasteiger partial charge is 0.407 e. The zero-order valence-electron chi connectivity index (χ0n) is 41.5. The molecule has 3 aliphatic rings. The van der Waals surface area contributed by atoms with Crippen LogP contribution in [0.25, 0.3) is 55.2 Å². The van der Waals surface area contributed by atoms with Gasteiger partial charge in [-0.15, -0.1) is 11.3 Å². The Balaban J connectivity index is 0.989. The van der Waals surface area contributed by atoms with Gasteiger partial charge in [0, 0.05) is 41.4 Å². The monoisotopic (exact) mass is 1010 g/mol. The molecule has 18 nitrogen and oxygen atoms in total. The van der Waals surface area contributed by atoms with E-state index in [1.165, 1.54) is 31.6 Å². The van der Waals surface area contributed by atoms with E-state index in [9.17, 15) is 19.2 Å². The van der Waals surface area contributed by atoms with Crippen molar-refractivity contribution in [2.75, 3.05) is 34.4 Å². The first-order valence-electron chi connectivity index (χ1n) is 24.4. The first-order chi connectivity index (χ1) is 35.2. The molecule has 0 saturated carbocycles. The van der Waals surface area contributed by atoms with Gasteiger partial charge in [-0.3, -0.25) is 14.2 Å². The molecule has 7 heterocycles. The number of carbonyl (C=O) groups excluding carboxylic acids is 4. The van der Waals surface area contributed by atoms with Gasteiger partial charge in [0.1, 0.15) is 46.1 Å². The molecular formula is C53H57FN10O8S. The molecule has 0 bridgehead atoms. The standard InChI is InChI=1S/C53H57FN10O8S/c1-27(2)44(60-52(67)70-6)49(65)62-18-8-10-38(62)46-55-24-35(58-46)30-14-17-37-32(20-30)22-40-43-34(54)21-31(23-41(43)72-51(64(37)40)42-26-57-48(73-42)29-12-15-33(69-5)16-13-29)36-25-56-47(59-36)39-11-9-19-63(39)50(66)45(28(3)4)61-53(68)71-7/h12-17,20-28,38-39,44-45,51H,8-11,18-19H2,1-7H3,(H,55,58)(H,56,59)(H,60,67)(H,61,68)/t38-,39-,44-,45-,51?/m0/s1. The maximum atomic E-state index is 17.1. The minimum Gasteiger partial charge on any atom is -0.497 e. The van der Waals surface area contributed by atoms with Crippen LogP contribution < -0.4 is 20.1 Å². The largest absolute Gasteiger partial charge is 0.497 e. The topological polar surface area (TPSA) is 211 Å². The van der Waals surface area contributed by atoms with Crippen LogP contribution in [0.4, 0.5) is 14.0 Å². The lowest BCUT2D eigenvalue weighted by Gasteiger charge is -2.30. The minimum atomic E-state index is -0.789. The molecule has 3 aromatic carbocycles. The number of rotatable bonds is 13. The number of methoxy groups -OCH3 is 3. The number of nitrogens with zero attached hydrogens (tertiary/aromatic N) is 6. The number of nitrogens with one attached hydrogen (secondary N) is 4. The molecule has 7 aromatic rings. The van der Waals surface area contributed by atoms with Gasteiger partial charge in [0.2, 0.25) is 18.0 Å². The summed E-state index contributed by atoms with van der Waals surface area (Å²) in [4.78, 5) is 77.5. The van der Waals surface area contributed by atoms with E-state index in [0.29, 0.717) is 65.8 Å². The third kappa shape index (κ3) is 9.23. The number of hydrogen-bond acceptors (Lipinski definition) is 12. The van der Waals surface area contributed by atoms with Crippen molar-refractivity contribution < 1.29 is 42.5 Å². The summed E-state index contributed by atoms with van der Waals surface area (Å²) in [5, 5.41) is 6.99. The summed E-state index contributed by atoms with van der Waals surface area (Å²) in [6.45, 7) is 8.51. The van der Waals surface area contributed by atoms with E-state index in [1.54, 1.807) is 35.5 Å². The average Bonchev–Trinajstić information content (AvgIpc) is 4.26. The van der Waals surface area contributed by atoms with Crippen LogP contribution in [-0.2, 0) is 19.1 Å². The van der Waals surface area contributed by atoms with Crippen LogP contribution in [0.2, 0.25) is 0 Å². The summed E-state index contributed by atoms with van der Waals surface area (Å²) < 4.78 is 41.0. The highest BCUT2D eigenvalue weighted by Crippen LogP contribution is 2.49. The molecule has 0 aliphatic carbocycles. The second-order valence-electron chi connectivity index (χ2n) is 19.2. The Labute approximate surface area is 424 Å². The fourth-order valence-electron chi connectivity index (χ4n) is 10.2. The highest BCUT2D eigenvalue weighted by molar-refractivity contribution is 7.15. The molecular weight excluding hydrogens is 956 g/mol. The first-order valence-corrected chi connectivity index (χ1v) is 25.2. The second kappa shape index (κ2) is 20.0. The Morgan fingerprint density at radius 2 is 1.30 bits per heavy atom. The molecule has 4 N–H and O–H groups in total. The van der Waals surface area contributed by atoms with E-state index in [2.05, 4.69) is 20.6 Å². The van der Waals surface area contributed by atoms with Crippen molar-refractivity contribution in [3.63, 3.8) is 0 Å². The molecule has 1 unspecified atom stereocenters. The minimum absolute atomic E-state index is 0.166. The van der Waals surface area contributed by atoms with Crippen molar-refractivity contribution in [1.29, 1.82) is 0 Å². The van der Waals surface area contributed by atoms with Crippen molar-refractivity contribution in [2.24, 2.45) is 11.8 Å². The van der Waals surface area contributed by atoms with Gasteiger partial charge in [-0.25, -0.2) is 28.9 Å². The van der Waals surface area contributed by atoms with Crippen molar-refractivity contribution in [3.8, 4) is 55.8 Å². The zero-order chi connectivity index (χ0) is 51.2. The molecule has 5 atom stereocenters. The molecule has 380 valence electrons. The molecule has 4 amide bonds. The SMILES string of the molecule is COC(=O)N[C@H](C(=O)N1CCC[C@H]1c1ncc(-c2cc(F)c3c(c2)OC(c2cnc(-c4ccc(OC)cc4)s2)n2c-3cc3cc(-c4cnc([C@@H]5CCCN5C(=O)[C@@H](NC(=O)OC)C(C)C)[nH]4)ccc32)[nH]1)C(C)C. The van der Waals surface area contributed by atoms with Gasteiger partial charge in [-0.2, -0.15) is 0 Å². The number of thiazole rings is 1. The van der Waals surface area contributed by atoms with Gasteiger partial charge < -0.3 is 49.3 Å². The molecule has 20 heteroatoms. The maximum Gasteiger partial charge on any atom is 0.407 e. The number of likely N-dealkylation sites (tertiary alicyclic amines) is 2. The number of carbonyl (C=O) groups is 4. The van der Waals surface area contributed by atoms with Gasteiger partial charge in [0.25, 0.3) is 0 Å². The van der Waals surface area contributed by atoms with Crippen molar-refractivity contribution in [2.45, 2.75) is 83.8 Å². The number of fused-ring (bicyclic) bond motifs is 5. The first kappa shape index (κ1) is 48.9. The van der Waals surface area contributed by atoms with Crippen LogP contribution in [0, 0.1) is 17.7 Å². The van der Waals surface area contributed by atoms with Crippen LogP contribution in [0.1, 0.15) is 88.2 Å². The van der Waals surface area contributed by atoms with Crippen LogP contribution in [-0.4, -0.2) is 110 Å². The second-order valence-corrected chi connectivity index (χ2v) is 20.3. The van der Waals surface area contributed by atoms with Crippen molar-refractivity contribution in [3.05, 3.63) is 102 Å². The molecule has 10 rings (SSSR count). The number of aromatic amines is 2. The van der Waals surface area contributed by atoms with Gasteiger partial charge in [0.05, 0.1) is 78.8 Å². The number of H-pyrrole nitrogens is 2. The summed E-state index contributed by atoms with van der Waals surface area (Å²) in [5.74, 6) is 0.962. The molecule has 0 radical (unpaired) electrons. The Kier molecular flexibility index (Phi) is 13.4. The predicted molar refractivity (Wildman–Crippen MR) is 271 cm³/mol. The number of ether oxygens (including phenoxy) is 4. The van der Waals surface area contributed by atoms with Gasteiger partial charge in [0.15, 0.2) is 0 Å². The number of halogens is 1. The lowest BCUT2D eigenvalue weighted by atomic mass is 10.0. The Morgan fingerprint density at radius 1 is 0.726 bits per heavy atom. The number of benzene rings is 3. The molecule has 73 heavy (non-hydrogen) atoms. The van der Waals surface area contributed by atoms with Crippen LogP contribution in [0.5, 0.6) is 11.5 Å². The third-order valence-electron chi connectivity index (χ3n) is 14.0. The van der Waals surface area contributed by atoms with E-state index in [0.717, 1.165) is 56.2 Å². The fourth-order valence-corrected chi connectivity index (χ4v) is 11.2. The molecule has 0 spiro atoms. The molecule has 2 saturated heterocycles. The van der Waals surface area contributed by atoms with E-state index < -0.39 is 36.3 Å². The van der Waals surface area contributed by atoms with E-state index >= 15 is 4.39 Å². The lowest BCUT2D eigenvalue weighted by molar-refractivity contribution is -0.136. The summed E-state index contributed by atoms with van der Waals surface area (Å²) in [7, 11) is 4.16. The number of amides is 4. The van der Waals surface area contributed by atoms with Crippen LogP contribution >= 0.6 is 11.3 Å². The van der Waals surface area contributed by atoms with Crippen LogP contribution in [0.3, 0.4) is 0 Å². The summed E-state index contributed by atoms with van der Waals surface area (Å²) in [6.07, 6.45) is 6.00. The highest BCUT2D eigenvalue weighted by Gasteiger charge is 2.40. The predicted octanol–water partition coefficient (Wildman–Crippen LogP) is 9.39. The van der Waals surface area contributed by atoms with E-state index in [-0.39, 0.29) is 35.7 Å². The van der Waals surface area contributed by atoms with Gasteiger partial charge >= 0.3 is 12.2 Å². The molecule has 3 aliphatic heterocycles. The molecule has 4 aromatic heterocycles. The van der Waals surface area contributed by atoms with E-state index in [1.807, 2.05) is 86.9 Å². The highest BCUT2D eigenvalue weighted by atomic mass is 32.1. The zero-order valence-corrected chi connectivity index (χ0v) is 42.3. The Bertz CT molecular complexity index is 3220. The number of aromatic nitrogens is 6. The van der Waals surface area contributed by atoms with Crippen molar-refractivity contribution in [1.82, 2.24) is 49.9 Å².